The topological polar surface area (TPSA) is 55.8 Å². The molecule has 1 aliphatic heterocycles. The van der Waals surface area contributed by atoms with E-state index in [1.165, 1.54) is 5.98 Å². The van der Waals surface area contributed by atoms with Gasteiger partial charge in [0.25, 0.3) is 0 Å². The molecule has 6 heteroatoms. The van der Waals surface area contributed by atoms with Gasteiger partial charge < -0.3 is 9.31 Å². The molecule has 1 rings (SSSR count). The molecule has 1 heterocycles. The lowest BCUT2D eigenvalue weighted by molar-refractivity contribution is -0.145. The number of likely N-dealkylation sites (N-methyl/N-ethyl adjacent to an activating group) is 1. The van der Waals surface area contributed by atoms with E-state index in [1.807, 2.05) is 12.2 Å². The second-order valence-electron chi connectivity index (χ2n) is 4.51. The van der Waals surface area contributed by atoms with Gasteiger partial charge in [-0.05, 0) is 19.4 Å². The summed E-state index contributed by atoms with van der Waals surface area (Å²) >= 11 is 0. The second kappa shape index (κ2) is 9.15. The van der Waals surface area contributed by atoms with Gasteiger partial charge in [-0.2, -0.15) is 0 Å². The Morgan fingerprint density at radius 2 is 1.70 bits per heavy atom. The monoisotopic (exact) mass is 277 g/mol. The van der Waals surface area contributed by atoms with Gasteiger partial charge in [0.05, 0.1) is 13.1 Å². The molecule has 1 saturated heterocycles. The van der Waals surface area contributed by atoms with Crippen LogP contribution >= 0.6 is 0 Å². The van der Waals surface area contributed by atoms with Crippen molar-refractivity contribution in [2.45, 2.75) is 19.8 Å². The Kier molecular flexibility index (Phi) is 7.43. The summed E-state index contributed by atoms with van der Waals surface area (Å²) in [6, 6.07) is 0. The van der Waals surface area contributed by atoms with E-state index in [0.717, 1.165) is 12.8 Å². The molecule has 0 aromatic rings. The van der Waals surface area contributed by atoms with Crippen molar-refractivity contribution in [3.8, 4) is 0 Å². The molecule has 0 atom stereocenters. The molecule has 5 nitrogen and oxygen atoms in total. The zero-order valence-corrected chi connectivity index (χ0v) is 12.0. The Balaban J connectivity index is 2.48. The summed E-state index contributed by atoms with van der Waals surface area (Å²) in [7, 11) is 0.706. The Morgan fingerprint density at radius 3 is 2.30 bits per heavy atom. The van der Waals surface area contributed by atoms with Crippen LogP contribution in [0.3, 0.4) is 0 Å². The van der Waals surface area contributed by atoms with Gasteiger partial charge in [0, 0.05) is 0 Å². The van der Waals surface area contributed by atoms with E-state index in [9.17, 15) is 9.59 Å². The number of rotatable bonds is 5. The number of carbonyl (C=O) groups excluding carboxylic acids is 2. The lowest BCUT2D eigenvalue weighted by Gasteiger charge is -2.20. The maximum absolute atomic E-state index is 11.5. The largest absolute Gasteiger partial charge is 0.628 e. The highest BCUT2D eigenvalue weighted by molar-refractivity contribution is 6.54. The SMILES string of the molecule is CCC/C=C/C=C\C=C\B1OC(=O)CN(C)CC(=O)O1. The minimum atomic E-state index is -0.951. The molecule has 0 aliphatic carbocycles. The van der Waals surface area contributed by atoms with Crippen LogP contribution in [0.2, 0.25) is 0 Å². The van der Waals surface area contributed by atoms with Crippen LogP contribution in [0, 0.1) is 0 Å². The quantitative estimate of drug-likeness (QED) is 0.563. The number of hydrogen-bond acceptors (Lipinski definition) is 5. The third-order valence-corrected chi connectivity index (χ3v) is 2.49. The van der Waals surface area contributed by atoms with E-state index in [-0.39, 0.29) is 13.1 Å². The highest BCUT2D eigenvalue weighted by atomic mass is 16.6. The number of unbranched alkanes of at least 4 members (excludes halogenated alkanes) is 1. The molecule has 0 unspecified atom stereocenters. The fourth-order valence-corrected chi connectivity index (χ4v) is 1.56. The van der Waals surface area contributed by atoms with Crippen LogP contribution < -0.4 is 0 Å². The van der Waals surface area contributed by atoms with Gasteiger partial charge in [-0.1, -0.05) is 43.7 Å². The number of allylic oxidation sites excluding steroid dienone is 5. The van der Waals surface area contributed by atoms with Gasteiger partial charge in [-0.25, -0.2) is 0 Å². The highest BCUT2D eigenvalue weighted by Crippen LogP contribution is 2.01. The normalized spacial score (nSPS) is 18.6. The molecule has 0 bridgehead atoms. The predicted molar refractivity (Wildman–Crippen MR) is 77.8 cm³/mol. The molecule has 0 radical (unpaired) electrons. The summed E-state index contributed by atoms with van der Waals surface area (Å²) in [5.41, 5.74) is 0. The zero-order valence-electron chi connectivity index (χ0n) is 12.0. The fourth-order valence-electron chi connectivity index (χ4n) is 1.56. The lowest BCUT2D eigenvalue weighted by Crippen LogP contribution is -2.41. The Morgan fingerprint density at radius 1 is 1.10 bits per heavy atom. The average molecular weight is 277 g/mol. The average Bonchev–Trinajstić information content (AvgIpc) is 2.35. The maximum Gasteiger partial charge on any atom is 0.628 e. The van der Waals surface area contributed by atoms with Crippen molar-refractivity contribution in [3.63, 3.8) is 0 Å². The van der Waals surface area contributed by atoms with Crippen molar-refractivity contribution in [1.29, 1.82) is 0 Å². The van der Waals surface area contributed by atoms with Gasteiger partial charge in [-0.15, -0.1) is 0 Å². The molecule has 0 saturated carbocycles. The molecular weight excluding hydrogens is 257 g/mol. The van der Waals surface area contributed by atoms with Crippen molar-refractivity contribution in [1.82, 2.24) is 4.90 Å². The molecule has 0 N–H and O–H groups in total. The number of carbonyl (C=O) groups is 2. The Labute approximate surface area is 120 Å². The van der Waals surface area contributed by atoms with Crippen molar-refractivity contribution in [3.05, 3.63) is 36.4 Å². The van der Waals surface area contributed by atoms with E-state index >= 15 is 0 Å². The van der Waals surface area contributed by atoms with Crippen molar-refractivity contribution >= 4 is 19.1 Å². The minimum Gasteiger partial charge on any atom is -0.495 e. The van der Waals surface area contributed by atoms with Gasteiger partial charge in [0.15, 0.2) is 0 Å². The van der Waals surface area contributed by atoms with Gasteiger partial charge in [0.1, 0.15) is 0 Å². The molecule has 1 aliphatic rings. The van der Waals surface area contributed by atoms with Crippen molar-refractivity contribution in [2.24, 2.45) is 0 Å². The van der Waals surface area contributed by atoms with E-state index in [4.69, 9.17) is 9.31 Å². The van der Waals surface area contributed by atoms with E-state index in [1.54, 1.807) is 24.1 Å². The first-order chi connectivity index (χ1) is 9.61. The molecule has 20 heavy (non-hydrogen) atoms. The van der Waals surface area contributed by atoms with Crippen LogP contribution in [0.1, 0.15) is 19.8 Å². The summed E-state index contributed by atoms with van der Waals surface area (Å²) in [5, 5.41) is 0. The summed E-state index contributed by atoms with van der Waals surface area (Å²) in [6.45, 7) is 2.27. The maximum atomic E-state index is 11.5. The van der Waals surface area contributed by atoms with E-state index in [2.05, 4.69) is 13.0 Å². The predicted octanol–water partition coefficient (Wildman–Crippen LogP) is 1.51. The third kappa shape index (κ3) is 6.94. The van der Waals surface area contributed by atoms with Gasteiger partial charge in [-0.3, -0.25) is 14.5 Å². The molecule has 0 amide bonds. The van der Waals surface area contributed by atoms with Crippen LogP contribution in [-0.4, -0.2) is 44.1 Å². The van der Waals surface area contributed by atoms with Crippen LogP contribution in [0.4, 0.5) is 0 Å². The van der Waals surface area contributed by atoms with E-state index < -0.39 is 19.1 Å². The van der Waals surface area contributed by atoms with E-state index in [0.29, 0.717) is 0 Å². The minimum absolute atomic E-state index is 0.0784. The van der Waals surface area contributed by atoms with Crippen LogP contribution in [-0.2, 0) is 18.9 Å². The highest BCUT2D eigenvalue weighted by Gasteiger charge is 2.28. The standard InChI is InChI=1S/C14H20BNO4/c1-3-4-5-6-7-8-9-10-15-19-13(17)11-16(2)12-14(18)20-15/h5-10H,3-4,11-12H2,1-2H3/b6-5+,8-7-,10-9+. The van der Waals surface area contributed by atoms with Crippen LogP contribution in [0.25, 0.3) is 0 Å². The molecule has 1 fully saturated rings. The smallest absolute Gasteiger partial charge is 0.495 e. The molecule has 0 aromatic heterocycles. The first kappa shape index (κ1) is 16.2. The Bertz CT molecular complexity index is 397. The summed E-state index contributed by atoms with van der Waals surface area (Å²) in [6.07, 6.45) is 11.5. The molecular formula is C14H20BNO4. The van der Waals surface area contributed by atoms with Crippen molar-refractivity contribution in [2.75, 3.05) is 20.1 Å². The molecule has 0 spiro atoms. The summed E-state index contributed by atoms with van der Waals surface area (Å²) in [4.78, 5) is 24.4. The first-order valence-electron chi connectivity index (χ1n) is 6.69. The van der Waals surface area contributed by atoms with Gasteiger partial charge >= 0.3 is 19.1 Å². The van der Waals surface area contributed by atoms with Gasteiger partial charge in [0.2, 0.25) is 0 Å². The number of nitrogens with zero attached hydrogens (tertiary/aromatic N) is 1. The Hall–Kier alpha value is -1.82. The number of hydrogen-bond donors (Lipinski definition) is 0. The van der Waals surface area contributed by atoms with Crippen molar-refractivity contribution < 1.29 is 18.9 Å². The van der Waals surface area contributed by atoms with Crippen LogP contribution in [0.5, 0.6) is 0 Å². The summed E-state index contributed by atoms with van der Waals surface area (Å²) < 4.78 is 10.0. The first-order valence-corrected chi connectivity index (χ1v) is 6.69. The molecule has 108 valence electrons. The molecule has 0 aromatic carbocycles. The van der Waals surface area contributed by atoms with Crippen LogP contribution in [0.15, 0.2) is 36.4 Å². The zero-order chi connectivity index (χ0) is 14.8. The third-order valence-electron chi connectivity index (χ3n) is 2.49. The fraction of sp³-hybridized carbons (Fsp3) is 0.429. The summed E-state index contributed by atoms with van der Waals surface area (Å²) in [5.74, 6) is 0.702. The second-order valence-corrected chi connectivity index (χ2v) is 4.51. The lowest BCUT2D eigenvalue weighted by atomic mass is 9.89.